The minimum atomic E-state index is -4.35. The predicted molar refractivity (Wildman–Crippen MR) is 125 cm³/mol. The second-order valence-electron chi connectivity index (χ2n) is 7.67. The van der Waals surface area contributed by atoms with Gasteiger partial charge in [0.15, 0.2) is 0 Å². The molecule has 0 bridgehead atoms. The quantitative estimate of drug-likeness (QED) is 0.473. The van der Waals surface area contributed by atoms with E-state index >= 15 is 0 Å². The van der Waals surface area contributed by atoms with E-state index in [0.29, 0.717) is 8.78 Å². The molecule has 0 saturated heterocycles. The van der Waals surface area contributed by atoms with E-state index in [-0.39, 0.29) is 18.9 Å². The van der Waals surface area contributed by atoms with Crippen LogP contribution in [0, 0.1) is 0 Å². The maximum absolute atomic E-state index is 13.2. The van der Waals surface area contributed by atoms with Gasteiger partial charge >= 0.3 is 16.3 Å². The number of carbonyl (C=O) groups is 1. The summed E-state index contributed by atoms with van der Waals surface area (Å²) in [5.74, 6) is 0. The van der Waals surface area contributed by atoms with Crippen molar-refractivity contribution in [2.75, 3.05) is 11.3 Å². The maximum Gasteiger partial charge on any atom is 0.426 e. The molecule has 31 heavy (non-hydrogen) atoms. The molecule has 1 amide bonds. The summed E-state index contributed by atoms with van der Waals surface area (Å²) in [5, 5.41) is 0. The molecule has 1 N–H and O–H groups in total. The first-order chi connectivity index (χ1) is 14.5. The molecule has 0 aliphatic heterocycles. The first-order valence-corrected chi connectivity index (χ1v) is 11.8. The summed E-state index contributed by atoms with van der Waals surface area (Å²) in [6.07, 6.45) is 0.314. The van der Waals surface area contributed by atoms with Crippen molar-refractivity contribution in [2.24, 2.45) is 0 Å². The van der Waals surface area contributed by atoms with Crippen LogP contribution >= 0.6 is 15.9 Å². The van der Waals surface area contributed by atoms with Gasteiger partial charge in [-0.3, -0.25) is 4.72 Å². The van der Waals surface area contributed by atoms with E-state index in [1.807, 2.05) is 30.3 Å². The number of benzene rings is 2. The second kappa shape index (κ2) is 10.8. The highest BCUT2D eigenvalue weighted by Gasteiger charge is 2.37. The molecule has 168 valence electrons. The topological polar surface area (TPSA) is 84.9 Å². The molecule has 9 heteroatoms. The third-order valence-corrected chi connectivity index (χ3v) is 6.03. The van der Waals surface area contributed by atoms with Crippen LogP contribution in [-0.4, -0.2) is 37.1 Å². The Balaban J connectivity index is 2.27. The Kier molecular flexibility index (Phi) is 8.67. The standard InChI is InChI=1S/C22H27BrN2O5S/c1-5-18(16-29-15-17-11-7-6-8-12-17)25(21(26)30-22(2,3)4)31(27,28)24-20-14-10-9-13-19(20)23/h5-14,18,24H,1,15-16H2,2-4H3/t18-/m1/s1. The van der Waals surface area contributed by atoms with Gasteiger partial charge in [-0.25, -0.2) is 4.79 Å². The maximum atomic E-state index is 13.2. The van der Waals surface area contributed by atoms with Crippen molar-refractivity contribution >= 4 is 37.9 Å². The highest BCUT2D eigenvalue weighted by atomic mass is 79.9. The van der Waals surface area contributed by atoms with Crippen molar-refractivity contribution in [3.05, 3.63) is 77.3 Å². The molecule has 0 heterocycles. The Labute approximate surface area is 192 Å². The summed E-state index contributed by atoms with van der Waals surface area (Å²) in [6.45, 7) is 8.84. The molecular formula is C22H27BrN2O5S. The lowest BCUT2D eigenvalue weighted by molar-refractivity contribution is 0.0264. The van der Waals surface area contributed by atoms with Gasteiger partial charge in [0, 0.05) is 4.47 Å². The number of ether oxygens (including phenoxy) is 2. The number of carbonyl (C=O) groups excluding carboxylic acids is 1. The van der Waals surface area contributed by atoms with Gasteiger partial charge in [-0.05, 0) is 54.4 Å². The molecule has 0 aliphatic carbocycles. The lowest BCUT2D eigenvalue weighted by Crippen LogP contribution is -2.50. The van der Waals surface area contributed by atoms with E-state index in [9.17, 15) is 13.2 Å². The van der Waals surface area contributed by atoms with E-state index in [4.69, 9.17) is 9.47 Å². The van der Waals surface area contributed by atoms with Gasteiger partial charge < -0.3 is 9.47 Å². The van der Waals surface area contributed by atoms with E-state index in [1.54, 1.807) is 45.0 Å². The zero-order valence-corrected chi connectivity index (χ0v) is 20.1. The zero-order valence-electron chi connectivity index (χ0n) is 17.7. The van der Waals surface area contributed by atoms with Crippen molar-refractivity contribution in [3.8, 4) is 0 Å². The van der Waals surface area contributed by atoms with Gasteiger partial charge in [-0.2, -0.15) is 12.7 Å². The molecule has 0 radical (unpaired) electrons. The monoisotopic (exact) mass is 510 g/mol. The minimum absolute atomic E-state index is 0.0888. The Morgan fingerprint density at radius 1 is 1.16 bits per heavy atom. The van der Waals surface area contributed by atoms with Crippen LogP contribution in [0.3, 0.4) is 0 Å². The third kappa shape index (κ3) is 7.68. The summed E-state index contributed by atoms with van der Waals surface area (Å²) >= 11 is 3.30. The molecule has 0 saturated carbocycles. The van der Waals surface area contributed by atoms with Crippen LogP contribution in [0.5, 0.6) is 0 Å². The van der Waals surface area contributed by atoms with Crippen molar-refractivity contribution in [1.82, 2.24) is 4.31 Å². The van der Waals surface area contributed by atoms with Crippen molar-refractivity contribution in [2.45, 2.75) is 39.0 Å². The van der Waals surface area contributed by atoms with Crippen molar-refractivity contribution < 1.29 is 22.7 Å². The van der Waals surface area contributed by atoms with Crippen LogP contribution in [-0.2, 0) is 26.3 Å². The summed E-state index contributed by atoms with van der Waals surface area (Å²) in [6, 6.07) is 15.1. The van der Waals surface area contributed by atoms with E-state index in [0.717, 1.165) is 5.56 Å². The summed E-state index contributed by atoms with van der Waals surface area (Å²) in [5.41, 5.74) is 0.307. The van der Waals surface area contributed by atoms with Crippen LogP contribution in [0.15, 0.2) is 71.7 Å². The largest absolute Gasteiger partial charge is 0.443 e. The number of hydrogen-bond acceptors (Lipinski definition) is 5. The molecule has 2 aromatic carbocycles. The molecular weight excluding hydrogens is 484 g/mol. The number of rotatable bonds is 9. The molecule has 1 atom stereocenters. The second-order valence-corrected chi connectivity index (χ2v) is 10.1. The number of nitrogens with zero attached hydrogens (tertiary/aromatic N) is 1. The number of halogens is 1. The molecule has 2 aromatic rings. The fourth-order valence-corrected chi connectivity index (χ4v) is 4.36. The van der Waals surface area contributed by atoms with Crippen LogP contribution in [0.4, 0.5) is 10.5 Å². The normalized spacial score (nSPS) is 12.6. The molecule has 0 aliphatic rings. The number of para-hydroxylation sites is 1. The molecule has 0 aromatic heterocycles. The average molecular weight is 511 g/mol. The molecule has 0 unspecified atom stereocenters. The number of hydrogen-bond donors (Lipinski definition) is 1. The zero-order chi connectivity index (χ0) is 23.1. The molecule has 0 spiro atoms. The molecule has 2 rings (SSSR count). The highest BCUT2D eigenvalue weighted by molar-refractivity contribution is 9.10. The van der Waals surface area contributed by atoms with E-state index in [1.165, 1.54) is 6.08 Å². The Hall–Kier alpha value is -2.36. The number of nitrogens with one attached hydrogen (secondary N) is 1. The van der Waals surface area contributed by atoms with Crippen molar-refractivity contribution in [3.63, 3.8) is 0 Å². The summed E-state index contributed by atoms with van der Waals surface area (Å²) < 4.78 is 41.0. The fourth-order valence-electron chi connectivity index (χ4n) is 2.55. The van der Waals surface area contributed by atoms with Gasteiger partial charge in [0.1, 0.15) is 5.60 Å². The van der Waals surface area contributed by atoms with Crippen LogP contribution in [0.25, 0.3) is 0 Å². The minimum Gasteiger partial charge on any atom is -0.443 e. The lowest BCUT2D eigenvalue weighted by atomic mass is 10.2. The van der Waals surface area contributed by atoms with Crippen LogP contribution in [0.1, 0.15) is 26.3 Å². The number of amides is 1. The molecule has 7 nitrogen and oxygen atoms in total. The SMILES string of the molecule is C=C[C@H](COCc1ccccc1)N(C(=O)OC(C)(C)C)S(=O)(=O)Nc1ccccc1Br. The average Bonchev–Trinajstić information content (AvgIpc) is 2.68. The van der Waals surface area contributed by atoms with Gasteiger partial charge in [0.2, 0.25) is 0 Å². The third-order valence-electron chi connectivity index (χ3n) is 3.92. The van der Waals surface area contributed by atoms with Gasteiger partial charge in [0.25, 0.3) is 0 Å². The Morgan fingerprint density at radius 3 is 2.35 bits per heavy atom. The highest BCUT2D eigenvalue weighted by Crippen LogP contribution is 2.25. The lowest BCUT2D eigenvalue weighted by Gasteiger charge is -2.31. The first kappa shape index (κ1) is 24.9. The van der Waals surface area contributed by atoms with Crippen LogP contribution < -0.4 is 4.72 Å². The fraction of sp³-hybridized carbons (Fsp3) is 0.318. The van der Waals surface area contributed by atoms with Crippen molar-refractivity contribution in [1.29, 1.82) is 0 Å². The smallest absolute Gasteiger partial charge is 0.426 e. The Morgan fingerprint density at radius 2 is 1.77 bits per heavy atom. The van der Waals surface area contributed by atoms with Crippen LogP contribution in [0.2, 0.25) is 0 Å². The first-order valence-electron chi connectivity index (χ1n) is 9.57. The number of anilines is 1. The summed E-state index contributed by atoms with van der Waals surface area (Å²) in [4.78, 5) is 12.9. The van der Waals surface area contributed by atoms with Gasteiger partial charge in [-0.15, -0.1) is 6.58 Å². The predicted octanol–water partition coefficient (Wildman–Crippen LogP) is 5.11. The van der Waals surface area contributed by atoms with Gasteiger partial charge in [-0.1, -0.05) is 48.5 Å². The summed E-state index contributed by atoms with van der Waals surface area (Å²) in [7, 11) is -4.35. The van der Waals surface area contributed by atoms with E-state index < -0.39 is 27.9 Å². The van der Waals surface area contributed by atoms with E-state index in [2.05, 4.69) is 27.2 Å². The Bertz CT molecular complexity index is 990. The molecule has 0 fully saturated rings. The van der Waals surface area contributed by atoms with Gasteiger partial charge in [0.05, 0.1) is 24.9 Å².